The van der Waals surface area contributed by atoms with Crippen molar-refractivity contribution in [1.82, 2.24) is 0 Å². The number of benzene rings is 10. The fourth-order valence-electron chi connectivity index (χ4n) is 14.8. The number of aryl methyl sites for hydroxylation is 3. The number of rotatable bonds is 2. The lowest BCUT2D eigenvalue weighted by Crippen LogP contribution is -2.74. The van der Waals surface area contributed by atoms with Gasteiger partial charge in [-0.05, 0) is 141 Å². The second-order valence-corrected chi connectivity index (χ2v) is 20.8. The van der Waals surface area contributed by atoms with Crippen LogP contribution in [-0.4, -0.2) is 26.9 Å². The minimum absolute atomic E-state index is 0.0155. The van der Waals surface area contributed by atoms with Crippen LogP contribution < -0.4 is 85.0 Å². The Kier molecular flexibility index (Phi) is 7.32. The SMILES string of the molecule is Cc1cc(C)c(B2c3ccccc3Oc3cc4c(cc32)N2c3ccc(-c5ccccc5)cc3B3c5ccccc5N5c6ccccc6B6c7ccccc7N7c8ccccc8B4c4c7c6c5c3c42)c(C)c1. The van der Waals surface area contributed by atoms with E-state index in [1.807, 2.05) is 0 Å². The Morgan fingerprint density at radius 2 is 0.718 bits per heavy atom. The maximum Gasteiger partial charge on any atom is 0.252 e. The van der Waals surface area contributed by atoms with Crippen LogP contribution in [0.1, 0.15) is 16.7 Å². The van der Waals surface area contributed by atoms with Gasteiger partial charge in [-0.25, -0.2) is 0 Å². The molecule has 0 aliphatic carbocycles. The van der Waals surface area contributed by atoms with Gasteiger partial charge in [0.25, 0.3) is 26.9 Å². The Bertz CT molecular complexity index is 4060. The summed E-state index contributed by atoms with van der Waals surface area (Å²) in [5, 5.41) is 0. The number of hydrogen-bond donors (Lipinski definition) is 0. The lowest BCUT2D eigenvalue weighted by molar-refractivity contribution is 0.488. The number of ether oxygens (including phenoxy) is 1. The molecule has 71 heavy (non-hydrogen) atoms. The maximum atomic E-state index is 7.23. The van der Waals surface area contributed by atoms with Crippen molar-refractivity contribution in [3.8, 4) is 22.6 Å². The third-order valence-electron chi connectivity index (χ3n) is 17.2. The van der Waals surface area contributed by atoms with Gasteiger partial charge in [-0.15, -0.1) is 0 Å². The van der Waals surface area contributed by atoms with Crippen LogP contribution in [-0.2, 0) is 0 Å². The summed E-state index contributed by atoms with van der Waals surface area (Å²) in [5.41, 5.74) is 33.8. The molecule has 17 rings (SSSR count). The molecule has 0 unspecified atom stereocenters. The third-order valence-corrected chi connectivity index (χ3v) is 17.2. The second-order valence-electron chi connectivity index (χ2n) is 20.8. The standard InChI is InChI=1S/C63H41B4N3O/c1-36-31-37(2)57(38(3)32-36)67-45-23-11-16-28-55(45)71-56-35-47-54(34-48(56)67)70-53-30-29-40(39-17-5-4-6-18-39)33-46(53)65-43-21-9-14-26-51(43)68-49-24-12-7-19-41(49)64-42-20-8-13-25-50(42)69-52-27-15-10-22-44(52)66(47)60-62(69)58(64)61(68)59(65)63(60)70/h4-35H,1-3H3. The van der Waals surface area contributed by atoms with Crippen molar-refractivity contribution in [3.05, 3.63) is 211 Å². The normalized spacial score (nSPS) is 14.6. The van der Waals surface area contributed by atoms with E-state index in [-0.39, 0.29) is 26.9 Å². The molecule has 7 aliphatic rings. The molecule has 0 spiro atoms. The summed E-state index contributed by atoms with van der Waals surface area (Å²) in [6, 6.07) is 73.8. The molecule has 0 bridgehead atoms. The first kappa shape index (κ1) is 38.5. The Balaban J connectivity index is 1.06. The van der Waals surface area contributed by atoms with E-state index in [1.165, 1.54) is 145 Å². The highest BCUT2D eigenvalue weighted by atomic mass is 16.5. The first-order valence-electron chi connectivity index (χ1n) is 25.2. The number of hydrogen-bond acceptors (Lipinski definition) is 4. The lowest BCUT2D eigenvalue weighted by atomic mass is 9.24. The quantitative estimate of drug-likeness (QED) is 0.179. The fraction of sp³-hybridized carbons (Fsp3) is 0.0476. The molecular weight excluding hydrogens is 858 g/mol. The lowest BCUT2D eigenvalue weighted by Gasteiger charge is -2.55. The molecule has 8 heteroatoms. The van der Waals surface area contributed by atoms with Crippen LogP contribution >= 0.6 is 0 Å². The topological polar surface area (TPSA) is 19.0 Å². The summed E-state index contributed by atoms with van der Waals surface area (Å²) >= 11 is 0. The van der Waals surface area contributed by atoms with Crippen LogP contribution in [0, 0.1) is 20.8 Å². The second kappa shape index (κ2) is 13.5. The summed E-state index contributed by atoms with van der Waals surface area (Å²) in [6.45, 7) is 6.75. The van der Waals surface area contributed by atoms with E-state index in [0.717, 1.165) is 11.5 Å². The Morgan fingerprint density at radius 1 is 0.296 bits per heavy atom. The van der Waals surface area contributed by atoms with Crippen molar-refractivity contribution in [2.75, 3.05) is 14.7 Å². The largest absolute Gasteiger partial charge is 0.458 e. The highest BCUT2D eigenvalue weighted by Crippen LogP contribution is 2.51. The average molecular weight is 899 g/mol. The molecule has 7 heterocycles. The molecule has 0 saturated carbocycles. The number of nitrogens with zero attached hydrogens (tertiary/aromatic N) is 3. The zero-order valence-electron chi connectivity index (χ0n) is 39.5. The fourth-order valence-corrected chi connectivity index (χ4v) is 14.8. The number of anilines is 9. The van der Waals surface area contributed by atoms with Crippen LogP contribution in [0.15, 0.2) is 194 Å². The summed E-state index contributed by atoms with van der Waals surface area (Å²) in [5.74, 6) is 1.87. The van der Waals surface area contributed by atoms with Gasteiger partial charge in [-0.2, -0.15) is 0 Å². The minimum atomic E-state index is -0.0629. The molecule has 4 nitrogen and oxygen atoms in total. The molecule has 0 fully saturated rings. The van der Waals surface area contributed by atoms with E-state index < -0.39 is 0 Å². The molecule has 0 amide bonds. The number of para-hydroxylation sites is 5. The Morgan fingerprint density at radius 3 is 1.27 bits per heavy atom. The zero-order chi connectivity index (χ0) is 46.5. The van der Waals surface area contributed by atoms with Gasteiger partial charge < -0.3 is 19.4 Å². The van der Waals surface area contributed by atoms with E-state index in [2.05, 4.69) is 230 Å². The van der Waals surface area contributed by atoms with Gasteiger partial charge in [0.1, 0.15) is 11.5 Å². The van der Waals surface area contributed by atoms with Gasteiger partial charge in [-0.1, -0.05) is 168 Å². The maximum absolute atomic E-state index is 7.23. The van der Waals surface area contributed by atoms with Crippen LogP contribution in [0.4, 0.5) is 51.2 Å². The van der Waals surface area contributed by atoms with Gasteiger partial charge in [0.2, 0.25) is 0 Å². The summed E-state index contributed by atoms with van der Waals surface area (Å²) in [7, 11) is 0. The van der Waals surface area contributed by atoms with Gasteiger partial charge in [-0.3, -0.25) is 0 Å². The van der Waals surface area contributed by atoms with E-state index in [1.54, 1.807) is 0 Å². The van der Waals surface area contributed by atoms with E-state index >= 15 is 0 Å². The van der Waals surface area contributed by atoms with E-state index in [9.17, 15) is 0 Å². The highest BCUT2D eigenvalue weighted by molar-refractivity contribution is 7.09. The van der Waals surface area contributed by atoms with Crippen LogP contribution in [0.2, 0.25) is 0 Å². The summed E-state index contributed by atoms with van der Waals surface area (Å²) in [6.07, 6.45) is 0. The van der Waals surface area contributed by atoms with Gasteiger partial charge in [0, 0.05) is 51.2 Å². The van der Waals surface area contributed by atoms with Crippen molar-refractivity contribution in [2.45, 2.75) is 20.8 Å². The molecular formula is C63H41B4N3O. The van der Waals surface area contributed by atoms with Crippen molar-refractivity contribution in [2.24, 2.45) is 0 Å². The first-order chi connectivity index (χ1) is 35.0. The molecule has 326 valence electrons. The molecule has 0 N–H and O–H groups in total. The average Bonchev–Trinajstić information content (AvgIpc) is 3.41. The molecule has 0 saturated heterocycles. The van der Waals surface area contributed by atoms with Crippen molar-refractivity contribution < 1.29 is 4.74 Å². The third kappa shape index (κ3) is 4.72. The first-order valence-corrected chi connectivity index (χ1v) is 25.2. The summed E-state index contributed by atoms with van der Waals surface area (Å²) in [4.78, 5) is 8.04. The minimum Gasteiger partial charge on any atom is -0.458 e. The Hall–Kier alpha value is -8.34. The molecule has 0 atom stereocenters. The van der Waals surface area contributed by atoms with E-state index in [4.69, 9.17) is 4.74 Å². The van der Waals surface area contributed by atoms with Gasteiger partial charge in [0.15, 0.2) is 0 Å². The van der Waals surface area contributed by atoms with Crippen LogP contribution in [0.3, 0.4) is 0 Å². The molecule has 7 aliphatic heterocycles. The molecule has 0 aromatic heterocycles. The Labute approximate surface area is 415 Å². The molecule has 10 aromatic carbocycles. The predicted octanol–water partition coefficient (Wildman–Crippen LogP) is 6.74. The van der Waals surface area contributed by atoms with Crippen molar-refractivity contribution >= 4 is 144 Å². The molecule has 10 aromatic rings. The smallest absolute Gasteiger partial charge is 0.252 e. The van der Waals surface area contributed by atoms with Crippen LogP contribution in [0.25, 0.3) is 11.1 Å². The van der Waals surface area contributed by atoms with Gasteiger partial charge >= 0.3 is 0 Å². The van der Waals surface area contributed by atoms with Crippen molar-refractivity contribution in [3.63, 3.8) is 0 Å². The monoisotopic (exact) mass is 899 g/mol. The van der Waals surface area contributed by atoms with Crippen molar-refractivity contribution in [1.29, 1.82) is 0 Å². The summed E-state index contributed by atoms with van der Waals surface area (Å²) < 4.78 is 7.23. The number of fused-ring (bicyclic) bond motifs is 20. The predicted molar refractivity (Wildman–Crippen MR) is 302 cm³/mol. The van der Waals surface area contributed by atoms with Crippen LogP contribution in [0.5, 0.6) is 11.5 Å². The van der Waals surface area contributed by atoms with E-state index in [0.29, 0.717) is 0 Å². The van der Waals surface area contributed by atoms with Gasteiger partial charge in [0.05, 0.1) is 0 Å². The highest BCUT2D eigenvalue weighted by Gasteiger charge is 2.57. The zero-order valence-corrected chi connectivity index (χ0v) is 39.5. The molecule has 0 radical (unpaired) electrons.